The summed E-state index contributed by atoms with van der Waals surface area (Å²) in [6.07, 6.45) is 2.41. The van der Waals surface area contributed by atoms with E-state index in [9.17, 15) is 23.1 Å². The molecule has 9 heteroatoms. The number of benzene rings is 1. The van der Waals surface area contributed by atoms with Gasteiger partial charge in [0.2, 0.25) is 15.9 Å². The molecule has 1 aliphatic rings. The highest BCUT2D eigenvalue weighted by Gasteiger charge is 2.36. The first-order valence-electron chi connectivity index (χ1n) is 8.95. The predicted octanol–water partition coefficient (Wildman–Crippen LogP) is 2.06. The predicted molar refractivity (Wildman–Crippen MR) is 101 cm³/mol. The topological polar surface area (TPSA) is 113 Å². The second-order valence-electron chi connectivity index (χ2n) is 6.58. The van der Waals surface area contributed by atoms with Crippen LogP contribution >= 0.6 is 0 Å². The van der Waals surface area contributed by atoms with Crippen molar-refractivity contribution in [3.8, 4) is 0 Å². The number of sulfonamides is 1. The minimum atomic E-state index is -3.50. The first-order chi connectivity index (χ1) is 12.8. The maximum atomic E-state index is 12.8. The van der Waals surface area contributed by atoms with Crippen molar-refractivity contribution in [3.05, 3.63) is 29.3 Å². The number of nitrogens with zero attached hydrogens (tertiary/aromatic N) is 1. The molecule has 1 amide bonds. The highest BCUT2D eigenvalue weighted by Crippen LogP contribution is 2.24. The Balaban J connectivity index is 2.25. The highest BCUT2D eigenvalue weighted by molar-refractivity contribution is 7.89. The molecule has 0 spiro atoms. The molecule has 0 radical (unpaired) electrons. The Morgan fingerprint density at radius 1 is 1.30 bits per heavy atom. The van der Waals surface area contributed by atoms with Crippen LogP contribution in [0.5, 0.6) is 0 Å². The Morgan fingerprint density at radius 3 is 2.67 bits per heavy atom. The molecule has 0 saturated carbocycles. The van der Waals surface area contributed by atoms with Crippen LogP contribution < -0.4 is 5.32 Å². The van der Waals surface area contributed by atoms with Gasteiger partial charge in [-0.3, -0.25) is 4.79 Å². The normalized spacial score (nSPS) is 18.2. The minimum Gasteiger partial charge on any atom is -0.478 e. The lowest BCUT2D eigenvalue weighted by Crippen LogP contribution is -2.50. The Kier molecular flexibility index (Phi) is 7.34. The first kappa shape index (κ1) is 21.3. The molecule has 1 heterocycles. The van der Waals surface area contributed by atoms with Gasteiger partial charge in [-0.25, -0.2) is 13.2 Å². The standard InChI is InChI=1S/C18H26N2O6S/c1-3-8-27(24,25)20-7-5-4-6-16(20)17(21)19-15-10-13(12-26-2)9-14(11-15)18(22)23/h9-11,16H,3-8,12H2,1-2H3,(H,19,21)(H,22,23). The van der Waals surface area contributed by atoms with E-state index in [0.29, 0.717) is 30.6 Å². The number of amides is 1. The second kappa shape index (κ2) is 9.29. The van der Waals surface area contributed by atoms with Gasteiger partial charge < -0.3 is 15.2 Å². The summed E-state index contributed by atoms with van der Waals surface area (Å²) in [7, 11) is -2.01. The summed E-state index contributed by atoms with van der Waals surface area (Å²) in [5.41, 5.74) is 0.941. The monoisotopic (exact) mass is 398 g/mol. The maximum absolute atomic E-state index is 12.8. The van der Waals surface area contributed by atoms with E-state index in [1.807, 2.05) is 0 Å². The molecule has 1 aliphatic heterocycles. The molecule has 0 aliphatic carbocycles. The molecule has 1 aromatic carbocycles. The number of nitrogens with one attached hydrogen (secondary N) is 1. The number of piperidine rings is 1. The van der Waals surface area contributed by atoms with Crippen molar-refractivity contribution in [1.82, 2.24) is 4.31 Å². The number of carbonyl (C=O) groups excluding carboxylic acids is 1. The molecule has 0 aromatic heterocycles. The molecule has 2 N–H and O–H groups in total. The number of carbonyl (C=O) groups is 2. The van der Waals surface area contributed by atoms with Gasteiger partial charge in [-0.05, 0) is 43.0 Å². The Bertz CT molecular complexity index is 793. The van der Waals surface area contributed by atoms with Gasteiger partial charge in [0, 0.05) is 19.3 Å². The van der Waals surface area contributed by atoms with E-state index in [0.717, 1.165) is 12.8 Å². The van der Waals surface area contributed by atoms with Crippen LogP contribution in [-0.4, -0.2) is 55.2 Å². The van der Waals surface area contributed by atoms with Crippen LogP contribution in [0.4, 0.5) is 5.69 Å². The van der Waals surface area contributed by atoms with E-state index in [4.69, 9.17) is 4.74 Å². The smallest absolute Gasteiger partial charge is 0.335 e. The van der Waals surface area contributed by atoms with Crippen LogP contribution in [0.25, 0.3) is 0 Å². The van der Waals surface area contributed by atoms with Crippen LogP contribution in [0.2, 0.25) is 0 Å². The fraction of sp³-hybridized carbons (Fsp3) is 0.556. The summed E-state index contributed by atoms with van der Waals surface area (Å²) in [6.45, 7) is 2.31. The molecule has 1 unspecified atom stereocenters. The third-order valence-electron chi connectivity index (χ3n) is 4.39. The van der Waals surface area contributed by atoms with Gasteiger partial charge in [-0.1, -0.05) is 13.3 Å². The van der Waals surface area contributed by atoms with E-state index >= 15 is 0 Å². The zero-order valence-corrected chi connectivity index (χ0v) is 16.4. The summed E-state index contributed by atoms with van der Waals surface area (Å²) < 4.78 is 31.3. The van der Waals surface area contributed by atoms with Crippen molar-refractivity contribution < 1.29 is 27.9 Å². The van der Waals surface area contributed by atoms with Crippen molar-refractivity contribution in [3.63, 3.8) is 0 Å². The lowest BCUT2D eigenvalue weighted by atomic mass is 10.0. The quantitative estimate of drug-likeness (QED) is 0.693. The van der Waals surface area contributed by atoms with Gasteiger partial charge in [0.05, 0.1) is 17.9 Å². The number of hydrogen-bond acceptors (Lipinski definition) is 5. The molecule has 1 fully saturated rings. The van der Waals surface area contributed by atoms with Crippen LogP contribution in [0.15, 0.2) is 18.2 Å². The third-order valence-corrected chi connectivity index (χ3v) is 6.47. The molecule has 1 saturated heterocycles. The van der Waals surface area contributed by atoms with Crippen LogP contribution in [0, 0.1) is 0 Å². The van der Waals surface area contributed by atoms with E-state index in [2.05, 4.69) is 5.32 Å². The second-order valence-corrected chi connectivity index (χ2v) is 8.63. The fourth-order valence-corrected chi connectivity index (χ4v) is 4.98. The summed E-state index contributed by atoms with van der Waals surface area (Å²) in [6, 6.07) is 3.67. The largest absolute Gasteiger partial charge is 0.478 e. The fourth-order valence-electron chi connectivity index (χ4n) is 3.24. The van der Waals surface area contributed by atoms with Crippen molar-refractivity contribution in [2.75, 3.05) is 24.7 Å². The van der Waals surface area contributed by atoms with Gasteiger partial charge in [-0.2, -0.15) is 4.31 Å². The molecular formula is C18H26N2O6S. The van der Waals surface area contributed by atoms with Crippen molar-refractivity contribution in [1.29, 1.82) is 0 Å². The minimum absolute atomic E-state index is 0.00324. The maximum Gasteiger partial charge on any atom is 0.335 e. The summed E-state index contributed by atoms with van der Waals surface area (Å²) in [5.74, 6) is -1.56. The number of rotatable bonds is 8. The number of ether oxygens (including phenoxy) is 1. The van der Waals surface area contributed by atoms with Gasteiger partial charge in [0.25, 0.3) is 0 Å². The number of carboxylic acid groups (broad SMARTS) is 1. The van der Waals surface area contributed by atoms with Gasteiger partial charge >= 0.3 is 5.97 Å². The average molecular weight is 398 g/mol. The Hall–Kier alpha value is -1.97. The van der Waals surface area contributed by atoms with E-state index < -0.39 is 27.9 Å². The summed E-state index contributed by atoms with van der Waals surface area (Å²) >= 11 is 0. The van der Waals surface area contributed by atoms with Crippen molar-refractivity contribution in [2.45, 2.75) is 45.3 Å². The first-order valence-corrected chi connectivity index (χ1v) is 10.6. The van der Waals surface area contributed by atoms with Crippen molar-refractivity contribution >= 4 is 27.6 Å². The number of methoxy groups -OCH3 is 1. The Labute approximate surface area is 159 Å². The molecule has 2 rings (SSSR count). The number of anilines is 1. The van der Waals surface area contributed by atoms with E-state index in [1.54, 1.807) is 13.0 Å². The zero-order valence-electron chi connectivity index (χ0n) is 15.6. The molecule has 150 valence electrons. The number of carboxylic acids is 1. The molecule has 1 aromatic rings. The molecule has 8 nitrogen and oxygen atoms in total. The zero-order chi connectivity index (χ0) is 20.0. The molecule has 1 atom stereocenters. The van der Waals surface area contributed by atoms with Gasteiger partial charge in [-0.15, -0.1) is 0 Å². The van der Waals surface area contributed by atoms with Crippen molar-refractivity contribution in [2.24, 2.45) is 0 Å². The lowest BCUT2D eigenvalue weighted by Gasteiger charge is -2.33. The third kappa shape index (κ3) is 5.50. The average Bonchev–Trinajstić information content (AvgIpc) is 2.61. The van der Waals surface area contributed by atoms with E-state index in [-0.39, 0.29) is 17.9 Å². The molecule has 27 heavy (non-hydrogen) atoms. The summed E-state index contributed by atoms with van der Waals surface area (Å²) in [4.78, 5) is 24.1. The Morgan fingerprint density at radius 2 is 2.04 bits per heavy atom. The highest BCUT2D eigenvalue weighted by atomic mass is 32.2. The van der Waals surface area contributed by atoms with Gasteiger partial charge in [0.15, 0.2) is 0 Å². The molecular weight excluding hydrogens is 372 g/mol. The number of aromatic carboxylic acids is 1. The molecule has 0 bridgehead atoms. The SMILES string of the molecule is CCCS(=O)(=O)N1CCCCC1C(=O)Nc1cc(COC)cc(C(=O)O)c1. The van der Waals surface area contributed by atoms with Crippen LogP contribution in [-0.2, 0) is 26.2 Å². The van der Waals surface area contributed by atoms with Crippen LogP contribution in [0.3, 0.4) is 0 Å². The van der Waals surface area contributed by atoms with Crippen LogP contribution in [0.1, 0.15) is 48.5 Å². The number of hydrogen-bond donors (Lipinski definition) is 2. The summed E-state index contributed by atoms with van der Waals surface area (Å²) in [5, 5.41) is 11.9. The lowest BCUT2D eigenvalue weighted by molar-refractivity contribution is -0.120. The van der Waals surface area contributed by atoms with Gasteiger partial charge in [0.1, 0.15) is 6.04 Å². The van der Waals surface area contributed by atoms with E-state index in [1.165, 1.54) is 23.5 Å².